The van der Waals surface area contributed by atoms with E-state index in [4.69, 9.17) is 0 Å². The lowest BCUT2D eigenvalue weighted by atomic mass is 10.1. The molecule has 0 amide bonds. The monoisotopic (exact) mass is 338 g/mol. The van der Waals surface area contributed by atoms with Gasteiger partial charge in [0.15, 0.2) is 5.78 Å². The second-order valence-corrected chi connectivity index (χ2v) is 5.28. The average molecular weight is 339 g/mol. The normalized spacial score (nSPS) is 10.8. The van der Waals surface area contributed by atoms with Crippen molar-refractivity contribution in [1.82, 2.24) is 9.78 Å². The van der Waals surface area contributed by atoms with E-state index < -0.39 is 5.82 Å². The summed E-state index contributed by atoms with van der Waals surface area (Å²) >= 11 is 3.51. The highest BCUT2D eigenvalue weighted by molar-refractivity contribution is 9.10. The van der Waals surface area contributed by atoms with Crippen molar-refractivity contribution < 1.29 is 9.18 Å². The summed E-state index contributed by atoms with van der Waals surface area (Å²) in [4.78, 5) is 12.3. The first-order valence-electron chi connectivity index (χ1n) is 6.59. The minimum absolute atomic E-state index is 0.109. The van der Waals surface area contributed by atoms with Gasteiger partial charge in [0, 0.05) is 12.1 Å². The first-order chi connectivity index (χ1) is 9.56. The summed E-state index contributed by atoms with van der Waals surface area (Å²) in [6.45, 7) is 4.70. The van der Waals surface area contributed by atoms with E-state index in [0.29, 0.717) is 12.1 Å². The van der Waals surface area contributed by atoms with Gasteiger partial charge in [-0.25, -0.2) is 4.39 Å². The van der Waals surface area contributed by atoms with Crippen LogP contribution in [-0.2, 0) is 19.4 Å². The van der Waals surface area contributed by atoms with E-state index in [1.54, 1.807) is 12.1 Å². The van der Waals surface area contributed by atoms with Crippen LogP contribution in [0.2, 0.25) is 0 Å². The van der Waals surface area contributed by atoms with Gasteiger partial charge in [-0.15, -0.1) is 0 Å². The van der Waals surface area contributed by atoms with Gasteiger partial charge in [0.05, 0.1) is 22.3 Å². The first kappa shape index (κ1) is 14.9. The highest BCUT2D eigenvalue weighted by Crippen LogP contribution is 2.24. The molecule has 5 heteroatoms. The van der Waals surface area contributed by atoms with Gasteiger partial charge in [-0.05, 0) is 41.4 Å². The smallest absolute Gasteiger partial charge is 0.168 e. The van der Waals surface area contributed by atoms with Crippen molar-refractivity contribution in [1.29, 1.82) is 0 Å². The number of nitrogens with zero attached hydrogens (tertiary/aromatic N) is 2. The predicted octanol–water partition coefficient (Wildman–Crippen LogP) is 3.79. The van der Waals surface area contributed by atoms with Gasteiger partial charge in [-0.1, -0.05) is 19.1 Å². The van der Waals surface area contributed by atoms with E-state index in [-0.39, 0.29) is 12.2 Å². The predicted molar refractivity (Wildman–Crippen MR) is 79.4 cm³/mol. The zero-order valence-corrected chi connectivity index (χ0v) is 13.1. The van der Waals surface area contributed by atoms with E-state index in [9.17, 15) is 9.18 Å². The Balaban J connectivity index is 2.30. The van der Waals surface area contributed by atoms with E-state index in [2.05, 4.69) is 21.0 Å². The lowest BCUT2D eigenvalue weighted by molar-refractivity contribution is 0.0990. The average Bonchev–Trinajstić information content (AvgIpc) is 2.75. The third-order valence-corrected chi connectivity index (χ3v) is 4.08. The van der Waals surface area contributed by atoms with Gasteiger partial charge in [0.25, 0.3) is 0 Å². The van der Waals surface area contributed by atoms with Gasteiger partial charge in [-0.3, -0.25) is 9.48 Å². The molecule has 3 nitrogen and oxygen atoms in total. The molecule has 0 atom stereocenters. The molecule has 0 aliphatic rings. The van der Waals surface area contributed by atoms with Crippen molar-refractivity contribution in [2.75, 3.05) is 0 Å². The van der Waals surface area contributed by atoms with Crippen LogP contribution >= 0.6 is 15.9 Å². The molecule has 0 aliphatic carbocycles. The third-order valence-electron chi connectivity index (χ3n) is 3.17. The van der Waals surface area contributed by atoms with Crippen molar-refractivity contribution in [3.8, 4) is 0 Å². The fraction of sp³-hybridized carbons (Fsp3) is 0.333. The largest absolute Gasteiger partial charge is 0.294 e. The zero-order valence-electron chi connectivity index (χ0n) is 11.5. The molecule has 1 aromatic heterocycles. The van der Waals surface area contributed by atoms with Crippen molar-refractivity contribution >= 4 is 21.7 Å². The number of carbonyl (C=O) groups is 1. The Morgan fingerprint density at radius 3 is 2.75 bits per heavy atom. The number of aromatic nitrogens is 2. The van der Waals surface area contributed by atoms with Crippen LogP contribution in [0, 0.1) is 5.82 Å². The summed E-state index contributed by atoms with van der Waals surface area (Å²) in [5, 5.41) is 4.45. The molecule has 1 heterocycles. The fourth-order valence-electron chi connectivity index (χ4n) is 2.10. The summed E-state index contributed by atoms with van der Waals surface area (Å²) in [7, 11) is 0. The summed E-state index contributed by atoms with van der Waals surface area (Å²) in [6, 6.07) is 5.78. The molecule has 0 spiro atoms. The van der Waals surface area contributed by atoms with Gasteiger partial charge in [0.1, 0.15) is 5.82 Å². The zero-order chi connectivity index (χ0) is 14.7. The molecule has 106 valence electrons. The molecule has 20 heavy (non-hydrogen) atoms. The van der Waals surface area contributed by atoms with Gasteiger partial charge >= 0.3 is 0 Å². The molecule has 0 saturated heterocycles. The Morgan fingerprint density at radius 1 is 1.40 bits per heavy atom. The minimum Gasteiger partial charge on any atom is -0.294 e. The quantitative estimate of drug-likeness (QED) is 0.777. The first-order valence-corrected chi connectivity index (χ1v) is 7.38. The number of halogens is 2. The summed E-state index contributed by atoms with van der Waals surface area (Å²) < 4.78 is 15.9. The molecular formula is C15H16BrFN2O. The van der Waals surface area contributed by atoms with Gasteiger partial charge < -0.3 is 0 Å². The summed E-state index contributed by atoms with van der Waals surface area (Å²) in [5.74, 6) is -0.504. The maximum Gasteiger partial charge on any atom is 0.168 e. The minimum atomic E-state index is -0.395. The molecule has 0 unspecified atom stereocenters. The summed E-state index contributed by atoms with van der Waals surface area (Å²) in [5.41, 5.74) is 2.17. The molecular weight excluding hydrogens is 323 g/mol. The van der Waals surface area contributed by atoms with Crippen molar-refractivity contribution in [2.45, 2.75) is 33.2 Å². The third kappa shape index (κ3) is 2.98. The van der Waals surface area contributed by atoms with Crippen molar-refractivity contribution in [3.63, 3.8) is 0 Å². The number of ketones is 1. The highest BCUT2D eigenvalue weighted by Gasteiger charge is 2.18. The number of hydrogen-bond donors (Lipinski definition) is 0. The molecule has 0 fully saturated rings. The van der Waals surface area contributed by atoms with Crippen molar-refractivity contribution in [3.05, 3.63) is 51.5 Å². The molecule has 1 aromatic carbocycles. The van der Waals surface area contributed by atoms with Crippen LogP contribution < -0.4 is 0 Å². The SMILES string of the molecule is CCc1nn(CC)c(CC(=O)c2cccc(F)c2)c1Br. The highest BCUT2D eigenvalue weighted by atomic mass is 79.9. The molecule has 0 radical (unpaired) electrons. The molecule has 2 aromatic rings. The standard InChI is InChI=1S/C15H16BrFN2O/c1-3-12-15(16)13(19(4-2)18-12)9-14(20)10-6-5-7-11(17)8-10/h5-8H,3-4,9H2,1-2H3. The topological polar surface area (TPSA) is 34.9 Å². The van der Waals surface area contributed by atoms with E-state index in [0.717, 1.165) is 22.3 Å². The van der Waals surface area contributed by atoms with Gasteiger partial charge in [-0.2, -0.15) is 5.10 Å². The number of aryl methyl sites for hydroxylation is 2. The van der Waals surface area contributed by atoms with E-state index in [1.807, 2.05) is 18.5 Å². The number of rotatable bonds is 5. The molecule has 0 bridgehead atoms. The number of carbonyl (C=O) groups excluding carboxylic acids is 1. The van der Waals surface area contributed by atoms with Gasteiger partial charge in [0.2, 0.25) is 0 Å². The van der Waals surface area contributed by atoms with Crippen LogP contribution in [0.25, 0.3) is 0 Å². The maximum atomic E-state index is 13.2. The molecule has 0 saturated carbocycles. The molecule has 2 rings (SSSR count). The molecule has 0 N–H and O–H groups in total. The lowest BCUT2D eigenvalue weighted by Crippen LogP contribution is -2.10. The Hall–Kier alpha value is -1.49. The number of hydrogen-bond acceptors (Lipinski definition) is 2. The fourth-order valence-corrected chi connectivity index (χ4v) is 2.81. The number of Topliss-reactive ketones (excluding diaryl/α,β-unsaturated/α-hetero) is 1. The van der Waals surface area contributed by atoms with Crippen LogP contribution in [0.4, 0.5) is 4.39 Å². The van der Waals surface area contributed by atoms with Crippen LogP contribution in [0.3, 0.4) is 0 Å². The Labute approximate surface area is 125 Å². The summed E-state index contributed by atoms with van der Waals surface area (Å²) in [6.07, 6.45) is 1.01. The molecule has 0 aliphatic heterocycles. The van der Waals surface area contributed by atoms with Crippen LogP contribution in [0.1, 0.15) is 35.6 Å². The van der Waals surface area contributed by atoms with Crippen LogP contribution in [0.15, 0.2) is 28.7 Å². The Morgan fingerprint density at radius 2 is 2.15 bits per heavy atom. The van der Waals surface area contributed by atoms with Crippen LogP contribution in [-0.4, -0.2) is 15.6 Å². The Bertz CT molecular complexity index is 637. The second-order valence-electron chi connectivity index (χ2n) is 4.49. The van der Waals surface area contributed by atoms with Crippen LogP contribution in [0.5, 0.6) is 0 Å². The van der Waals surface area contributed by atoms with E-state index >= 15 is 0 Å². The second kappa shape index (κ2) is 6.31. The van der Waals surface area contributed by atoms with Crippen molar-refractivity contribution in [2.24, 2.45) is 0 Å². The lowest BCUT2D eigenvalue weighted by Gasteiger charge is -2.05. The Kier molecular flexibility index (Phi) is 4.70. The maximum absolute atomic E-state index is 13.2. The number of benzene rings is 1. The van der Waals surface area contributed by atoms with E-state index in [1.165, 1.54) is 12.1 Å².